The summed E-state index contributed by atoms with van der Waals surface area (Å²) in [6, 6.07) is 5.38. The number of benzene rings is 2. The molecule has 0 fully saturated rings. The van der Waals surface area contributed by atoms with Crippen LogP contribution in [0.5, 0.6) is 23.0 Å². The highest BCUT2D eigenvalue weighted by Gasteiger charge is 2.42. The zero-order chi connectivity index (χ0) is 19.4. The number of fused-ring (bicyclic) bond motifs is 3. The molecule has 2 aliphatic heterocycles. The Morgan fingerprint density at radius 1 is 0.929 bits per heavy atom. The number of hydrogen-bond donors (Lipinski definition) is 2. The van der Waals surface area contributed by atoms with Gasteiger partial charge in [0.1, 0.15) is 22.2 Å². The van der Waals surface area contributed by atoms with Gasteiger partial charge in [0.05, 0.1) is 0 Å². The van der Waals surface area contributed by atoms with E-state index in [1.807, 2.05) is 6.07 Å². The molecule has 0 radical (unpaired) electrons. The van der Waals surface area contributed by atoms with Crippen molar-refractivity contribution in [2.45, 2.75) is 6.42 Å². The minimum atomic E-state index is -0.680. The summed E-state index contributed by atoms with van der Waals surface area (Å²) >= 11 is 0. The van der Waals surface area contributed by atoms with E-state index in [0.29, 0.717) is 17.9 Å². The molecule has 5 rings (SSSR count). The quantitative estimate of drug-likeness (QED) is 0.520. The monoisotopic (exact) mass is 379 g/mol. The number of carbonyl (C=O) groups is 2. The molecular formula is C19H13N3O6. The molecule has 0 bridgehead atoms. The van der Waals surface area contributed by atoms with Gasteiger partial charge in [-0.25, -0.2) is 9.97 Å². The summed E-state index contributed by atoms with van der Waals surface area (Å²) in [6.45, 7) is 0.230. The van der Waals surface area contributed by atoms with Crippen molar-refractivity contribution in [1.29, 1.82) is 0 Å². The third kappa shape index (κ3) is 2.19. The van der Waals surface area contributed by atoms with Gasteiger partial charge < -0.3 is 19.7 Å². The first-order valence-corrected chi connectivity index (χ1v) is 8.49. The number of carbonyl (C=O) groups excluding carboxylic acids is 2. The number of nitrogens with zero attached hydrogens (tertiary/aromatic N) is 3. The Balaban J connectivity index is 1.48. The van der Waals surface area contributed by atoms with E-state index >= 15 is 0 Å². The molecule has 0 unspecified atom stereocenters. The summed E-state index contributed by atoms with van der Waals surface area (Å²) in [5, 5.41) is 20.9. The third-order valence-electron chi connectivity index (χ3n) is 4.85. The van der Waals surface area contributed by atoms with Crippen LogP contribution in [0.1, 0.15) is 26.3 Å². The van der Waals surface area contributed by atoms with Crippen LogP contribution in [-0.4, -0.2) is 50.2 Å². The first-order chi connectivity index (χ1) is 13.6. The van der Waals surface area contributed by atoms with Gasteiger partial charge in [0, 0.05) is 18.9 Å². The average Bonchev–Trinajstić information content (AvgIpc) is 3.27. The second kappa shape index (κ2) is 5.81. The fourth-order valence-electron chi connectivity index (χ4n) is 3.48. The molecule has 9 nitrogen and oxygen atoms in total. The van der Waals surface area contributed by atoms with E-state index in [1.54, 1.807) is 12.1 Å². The molecule has 0 spiro atoms. The second-order valence-corrected chi connectivity index (χ2v) is 6.40. The van der Waals surface area contributed by atoms with Gasteiger partial charge in [-0.2, -0.15) is 0 Å². The van der Waals surface area contributed by atoms with Crippen LogP contribution in [0, 0.1) is 0 Å². The van der Waals surface area contributed by atoms with Crippen LogP contribution in [0.3, 0.4) is 0 Å². The molecule has 3 aromatic rings. The van der Waals surface area contributed by atoms with Crippen LogP contribution < -0.4 is 9.47 Å². The van der Waals surface area contributed by atoms with Crippen LogP contribution in [0.25, 0.3) is 11.0 Å². The van der Waals surface area contributed by atoms with Crippen LogP contribution in [0.15, 0.2) is 30.6 Å². The molecule has 140 valence electrons. The number of hydrogen-bond acceptors (Lipinski definition) is 8. The molecule has 9 heteroatoms. The van der Waals surface area contributed by atoms with Crippen molar-refractivity contribution >= 4 is 22.8 Å². The van der Waals surface area contributed by atoms with E-state index in [1.165, 1.54) is 12.4 Å². The van der Waals surface area contributed by atoms with Gasteiger partial charge in [-0.05, 0) is 24.1 Å². The highest BCUT2D eigenvalue weighted by molar-refractivity contribution is 6.26. The third-order valence-corrected chi connectivity index (χ3v) is 4.85. The van der Waals surface area contributed by atoms with Gasteiger partial charge in [0.15, 0.2) is 23.0 Å². The molecule has 2 aliphatic rings. The Labute approximate surface area is 157 Å². The predicted molar refractivity (Wildman–Crippen MR) is 94.5 cm³/mol. The van der Waals surface area contributed by atoms with Crippen molar-refractivity contribution in [3.63, 3.8) is 0 Å². The van der Waals surface area contributed by atoms with Crippen molar-refractivity contribution in [1.82, 2.24) is 14.9 Å². The largest absolute Gasteiger partial charge is 0.505 e. The number of phenolic OH excluding ortho intramolecular Hbond substituents is 2. The van der Waals surface area contributed by atoms with E-state index in [0.717, 1.165) is 10.5 Å². The molecule has 0 saturated heterocycles. The Morgan fingerprint density at radius 2 is 1.54 bits per heavy atom. The fourth-order valence-corrected chi connectivity index (χ4v) is 3.48. The lowest BCUT2D eigenvalue weighted by atomic mass is 10.1. The maximum atomic E-state index is 12.8. The Morgan fingerprint density at radius 3 is 2.18 bits per heavy atom. The minimum Gasteiger partial charge on any atom is -0.505 e. The lowest BCUT2D eigenvalue weighted by Gasteiger charge is -2.13. The molecule has 0 atom stereocenters. The summed E-state index contributed by atoms with van der Waals surface area (Å²) in [6.07, 6.45) is 3.03. The van der Waals surface area contributed by atoms with E-state index < -0.39 is 23.3 Å². The highest BCUT2D eigenvalue weighted by Crippen LogP contribution is 2.42. The molecule has 2 amide bonds. The first-order valence-electron chi connectivity index (χ1n) is 8.49. The number of imide groups is 1. The van der Waals surface area contributed by atoms with E-state index in [2.05, 4.69) is 9.97 Å². The smallest absolute Gasteiger partial charge is 0.265 e. The van der Waals surface area contributed by atoms with Crippen molar-refractivity contribution in [3.05, 3.63) is 47.3 Å². The molecule has 28 heavy (non-hydrogen) atoms. The first kappa shape index (κ1) is 16.3. The average molecular weight is 379 g/mol. The lowest BCUT2D eigenvalue weighted by molar-refractivity contribution is 0.0655. The van der Waals surface area contributed by atoms with Crippen LogP contribution >= 0.6 is 0 Å². The summed E-state index contributed by atoms with van der Waals surface area (Å²) in [4.78, 5) is 34.4. The van der Waals surface area contributed by atoms with Gasteiger partial charge in [-0.15, -0.1) is 0 Å². The molecular weight excluding hydrogens is 366 g/mol. The van der Waals surface area contributed by atoms with Crippen LogP contribution in [0.4, 0.5) is 0 Å². The van der Waals surface area contributed by atoms with E-state index in [-0.39, 0.29) is 35.5 Å². The number of ether oxygens (including phenoxy) is 2. The highest BCUT2D eigenvalue weighted by atomic mass is 16.7. The summed E-state index contributed by atoms with van der Waals surface area (Å²) in [7, 11) is 0. The Kier molecular flexibility index (Phi) is 3.38. The van der Waals surface area contributed by atoms with Gasteiger partial charge in [-0.1, -0.05) is 6.07 Å². The normalized spacial score (nSPS) is 14.8. The number of phenols is 2. The van der Waals surface area contributed by atoms with Gasteiger partial charge in [-0.3, -0.25) is 14.5 Å². The molecule has 3 heterocycles. The molecule has 1 aromatic heterocycles. The Bertz CT molecular complexity index is 1120. The van der Waals surface area contributed by atoms with Gasteiger partial charge in [0.25, 0.3) is 11.8 Å². The maximum Gasteiger partial charge on any atom is 0.265 e. The maximum absolute atomic E-state index is 12.8. The SMILES string of the molecule is O=C1c2c(c(O)c3nccnc3c2O)C(=O)N1CCc1ccc2c(c1)OCO2. The zero-order valence-corrected chi connectivity index (χ0v) is 14.4. The Hall–Kier alpha value is -3.88. The summed E-state index contributed by atoms with van der Waals surface area (Å²) in [5.41, 5.74) is 0.292. The second-order valence-electron chi connectivity index (χ2n) is 6.40. The van der Waals surface area contributed by atoms with Crippen molar-refractivity contribution in [2.75, 3.05) is 13.3 Å². The molecule has 0 aliphatic carbocycles. The van der Waals surface area contributed by atoms with Gasteiger partial charge in [0.2, 0.25) is 6.79 Å². The number of rotatable bonds is 3. The number of aromatic hydroxyl groups is 2. The molecule has 2 aromatic carbocycles. The van der Waals surface area contributed by atoms with E-state index in [9.17, 15) is 19.8 Å². The predicted octanol–water partition coefficient (Wildman–Crippen LogP) is 1.61. The summed E-state index contributed by atoms with van der Waals surface area (Å²) in [5.74, 6) is -1.02. The standard InChI is InChI=1S/C19H13N3O6/c23-16-12-13(17(24)15-14(16)20-4-5-21-15)19(26)22(18(12)25)6-3-9-1-2-10-11(7-9)28-8-27-10/h1-2,4-5,7,23-24H,3,6,8H2. The van der Waals surface area contributed by atoms with Crippen LogP contribution in [-0.2, 0) is 6.42 Å². The van der Waals surface area contributed by atoms with Crippen LogP contribution in [0.2, 0.25) is 0 Å². The molecule has 2 N–H and O–H groups in total. The zero-order valence-electron chi connectivity index (χ0n) is 14.4. The topological polar surface area (TPSA) is 122 Å². The van der Waals surface area contributed by atoms with Crippen molar-refractivity contribution in [2.24, 2.45) is 0 Å². The fraction of sp³-hybridized carbons (Fsp3) is 0.158. The van der Waals surface area contributed by atoms with Crippen molar-refractivity contribution in [3.8, 4) is 23.0 Å². The minimum absolute atomic E-state index is 0.0301. The number of aromatic nitrogens is 2. The number of amides is 2. The van der Waals surface area contributed by atoms with E-state index in [4.69, 9.17) is 9.47 Å². The summed E-state index contributed by atoms with van der Waals surface area (Å²) < 4.78 is 10.6. The lowest BCUT2D eigenvalue weighted by Crippen LogP contribution is -2.31. The van der Waals surface area contributed by atoms with Gasteiger partial charge >= 0.3 is 0 Å². The van der Waals surface area contributed by atoms with Crippen molar-refractivity contribution < 1.29 is 29.3 Å². The molecule has 0 saturated carbocycles.